The predicted octanol–water partition coefficient (Wildman–Crippen LogP) is 2.13. The molecule has 0 aliphatic carbocycles. The van der Waals surface area contributed by atoms with Gasteiger partial charge in [0, 0.05) is 9.13 Å². The first kappa shape index (κ1) is 10.4. The van der Waals surface area contributed by atoms with Gasteiger partial charge in [0.25, 0.3) is 5.89 Å². The highest BCUT2D eigenvalue weighted by Crippen LogP contribution is 2.20. The van der Waals surface area contributed by atoms with Crippen molar-refractivity contribution in [3.05, 3.63) is 34.2 Å². The van der Waals surface area contributed by atoms with E-state index in [1.165, 1.54) is 6.33 Å². The number of hydrogen-bond donors (Lipinski definition) is 1. The molecule has 1 aromatic carbocycles. The second-order valence-corrected chi connectivity index (χ2v) is 4.51. The Morgan fingerprint density at radius 2 is 2.00 bits per heavy atom. The maximum Gasteiger partial charge on any atom is 0.258 e. The first-order chi connectivity index (χ1) is 8.33. The van der Waals surface area contributed by atoms with E-state index in [2.05, 4.69) is 47.9 Å². The normalized spacial score (nSPS) is 10.6. The van der Waals surface area contributed by atoms with Crippen molar-refractivity contribution in [2.75, 3.05) is 0 Å². The minimum Gasteiger partial charge on any atom is -0.334 e. The summed E-state index contributed by atoms with van der Waals surface area (Å²) in [6.07, 6.45) is 1.40. The number of H-pyrrole nitrogens is 1. The molecule has 0 atom stereocenters. The fraction of sp³-hybridized carbons (Fsp3) is 0. The zero-order valence-corrected chi connectivity index (χ0v) is 10.6. The molecule has 3 rings (SSSR count). The zero-order valence-electron chi connectivity index (χ0n) is 8.46. The van der Waals surface area contributed by atoms with Gasteiger partial charge in [0.2, 0.25) is 5.82 Å². The lowest BCUT2D eigenvalue weighted by atomic mass is 10.2. The molecule has 0 spiro atoms. The van der Waals surface area contributed by atoms with Gasteiger partial charge in [-0.15, -0.1) is 0 Å². The molecule has 0 radical (unpaired) electrons. The van der Waals surface area contributed by atoms with E-state index in [-0.39, 0.29) is 0 Å². The van der Waals surface area contributed by atoms with Crippen molar-refractivity contribution in [1.82, 2.24) is 25.3 Å². The van der Waals surface area contributed by atoms with Crippen molar-refractivity contribution >= 4 is 22.6 Å². The summed E-state index contributed by atoms with van der Waals surface area (Å²) < 4.78 is 6.32. The summed E-state index contributed by atoms with van der Waals surface area (Å²) in [7, 11) is 0. The second-order valence-electron chi connectivity index (χ2n) is 3.26. The van der Waals surface area contributed by atoms with E-state index >= 15 is 0 Å². The highest BCUT2D eigenvalue weighted by Gasteiger charge is 2.12. The molecule has 6 nitrogen and oxygen atoms in total. The maximum atomic E-state index is 5.16. The van der Waals surface area contributed by atoms with Gasteiger partial charge in [-0.05, 0) is 46.9 Å². The van der Waals surface area contributed by atoms with Crippen molar-refractivity contribution in [2.45, 2.75) is 0 Å². The van der Waals surface area contributed by atoms with Gasteiger partial charge in [0.1, 0.15) is 6.33 Å². The van der Waals surface area contributed by atoms with Crippen LogP contribution in [0.3, 0.4) is 0 Å². The van der Waals surface area contributed by atoms with Crippen molar-refractivity contribution in [3.63, 3.8) is 0 Å². The molecule has 7 heteroatoms. The third-order valence-electron chi connectivity index (χ3n) is 2.14. The number of aromatic nitrogens is 5. The molecule has 0 bridgehead atoms. The van der Waals surface area contributed by atoms with E-state index < -0.39 is 0 Å². The smallest absolute Gasteiger partial charge is 0.258 e. The quantitative estimate of drug-likeness (QED) is 0.724. The van der Waals surface area contributed by atoms with Crippen LogP contribution in [-0.4, -0.2) is 25.3 Å². The van der Waals surface area contributed by atoms with E-state index in [0.29, 0.717) is 17.5 Å². The Balaban J connectivity index is 1.98. The molecule has 0 saturated carbocycles. The molecule has 1 N–H and O–H groups in total. The van der Waals surface area contributed by atoms with Crippen LogP contribution in [0.5, 0.6) is 0 Å². The van der Waals surface area contributed by atoms with E-state index in [0.717, 1.165) is 9.13 Å². The summed E-state index contributed by atoms with van der Waals surface area (Å²) in [6.45, 7) is 0. The number of benzene rings is 1. The fourth-order valence-electron chi connectivity index (χ4n) is 1.34. The van der Waals surface area contributed by atoms with Gasteiger partial charge < -0.3 is 4.52 Å². The number of nitrogens with zero attached hydrogens (tertiary/aromatic N) is 4. The van der Waals surface area contributed by atoms with E-state index in [1.54, 1.807) is 0 Å². The molecule has 0 amide bonds. The third kappa shape index (κ3) is 2.05. The number of nitrogens with one attached hydrogen (secondary N) is 1. The van der Waals surface area contributed by atoms with Gasteiger partial charge in [-0.2, -0.15) is 10.1 Å². The molecule has 0 unspecified atom stereocenters. The maximum absolute atomic E-state index is 5.16. The molecule has 0 aliphatic rings. The van der Waals surface area contributed by atoms with Crippen LogP contribution in [0.1, 0.15) is 0 Å². The van der Waals surface area contributed by atoms with Gasteiger partial charge in [-0.3, -0.25) is 5.10 Å². The van der Waals surface area contributed by atoms with Gasteiger partial charge in [-0.1, -0.05) is 5.16 Å². The molecular formula is C10H6IN5O. The minimum absolute atomic E-state index is 0.399. The number of hydrogen-bond acceptors (Lipinski definition) is 5. The molecule has 3 aromatic rings. The SMILES string of the molecule is Ic1ccc(-c2nc(-c3ncn[nH]3)no2)cc1. The van der Waals surface area contributed by atoms with Crippen LogP contribution in [0.25, 0.3) is 23.1 Å². The van der Waals surface area contributed by atoms with Crippen molar-refractivity contribution < 1.29 is 4.52 Å². The van der Waals surface area contributed by atoms with Crippen LogP contribution in [0, 0.1) is 3.57 Å². The second kappa shape index (κ2) is 4.24. The van der Waals surface area contributed by atoms with Gasteiger partial charge in [-0.25, -0.2) is 4.98 Å². The van der Waals surface area contributed by atoms with Crippen molar-refractivity contribution in [1.29, 1.82) is 0 Å². The van der Waals surface area contributed by atoms with Crippen LogP contribution in [0.4, 0.5) is 0 Å². The van der Waals surface area contributed by atoms with Crippen LogP contribution in [0.15, 0.2) is 35.1 Å². The van der Waals surface area contributed by atoms with Gasteiger partial charge >= 0.3 is 0 Å². The summed E-state index contributed by atoms with van der Waals surface area (Å²) in [5, 5.41) is 10.2. The van der Waals surface area contributed by atoms with Crippen LogP contribution in [0.2, 0.25) is 0 Å². The molecule has 17 heavy (non-hydrogen) atoms. The third-order valence-corrected chi connectivity index (χ3v) is 2.86. The average molecular weight is 339 g/mol. The summed E-state index contributed by atoms with van der Waals surface area (Å²) in [6, 6.07) is 7.82. The molecule has 2 heterocycles. The predicted molar refractivity (Wildman–Crippen MR) is 67.8 cm³/mol. The first-order valence-electron chi connectivity index (χ1n) is 4.78. The Bertz CT molecular complexity index is 616. The van der Waals surface area contributed by atoms with Gasteiger partial charge in [0.05, 0.1) is 0 Å². The molecular weight excluding hydrogens is 333 g/mol. The number of rotatable bonds is 2. The number of aromatic amines is 1. The van der Waals surface area contributed by atoms with Crippen molar-refractivity contribution in [3.8, 4) is 23.1 Å². The standard InChI is InChI=1S/C10H6IN5O/c11-7-3-1-6(2-4-7)10-14-9(16-17-10)8-12-5-13-15-8/h1-5H,(H,12,13,15). The van der Waals surface area contributed by atoms with E-state index in [4.69, 9.17) is 4.52 Å². The summed E-state index contributed by atoms with van der Waals surface area (Å²) in [5.74, 6) is 1.36. The van der Waals surface area contributed by atoms with Crippen LogP contribution < -0.4 is 0 Å². The number of halogens is 1. The lowest BCUT2D eigenvalue weighted by Gasteiger charge is -1.93. The Morgan fingerprint density at radius 1 is 1.18 bits per heavy atom. The molecule has 0 saturated heterocycles. The highest BCUT2D eigenvalue weighted by molar-refractivity contribution is 14.1. The molecule has 2 aromatic heterocycles. The van der Waals surface area contributed by atoms with Crippen LogP contribution >= 0.6 is 22.6 Å². The lowest BCUT2D eigenvalue weighted by molar-refractivity contribution is 0.432. The Kier molecular flexibility index (Phi) is 2.59. The summed E-state index contributed by atoms with van der Waals surface area (Å²) >= 11 is 2.24. The van der Waals surface area contributed by atoms with E-state index in [9.17, 15) is 0 Å². The molecule has 84 valence electrons. The molecule has 0 fully saturated rings. The summed E-state index contributed by atoms with van der Waals surface area (Å²) in [5.41, 5.74) is 0.878. The largest absolute Gasteiger partial charge is 0.334 e. The minimum atomic E-state index is 0.399. The first-order valence-corrected chi connectivity index (χ1v) is 5.86. The zero-order chi connectivity index (χ0) is 11.7. The monoisotopic (exact) mass is 339 g/mol. The van der Waals surface area contributed by atoms with Crippen LogP contribution in [-0.2, 0) is 0 Å². The average Bonchev–Trinajstić information content (AvgIpc) is 3.00. The lowest BCUT2D eigenvalue weighted by Crippen LogP contribution is -1.83. The molecule has 0 aliphatic heterocycles. The Labute approximate surface area is 110 Å². The topological polar surface area (TPSA) is 80.5 Å². The van der Waals surface area contributed by atoms with Gasteiger partial charge in [0.15, 0.2) is 5.82 Å². The Hall–Kier alpha value is -1.77. The highest BCUT2D eigenvalue weighted by atomic mass is 127. The summed E-state index contributed by atoms with van der Waals surface area (Å²) in [4.78, 5) is 8.19. The fourth-order valence-corrected chi connectivity index (χ4v) is 1.70. The van der Waals surface area contributed by atoms with E-state index in [1.807, 2.05) is 24.3 Å². The Morgan fingerprint density at radius 3 is 2.71 bits per heavy atom. The van der Waals surface area contributed by atoms with Crippen molar-refractivity contribution in [2.24, 2.45) is 0 Å².